The highest BCUT2D eigenvalue weighted by atomic mass is 35.5. The van der Waals surface area contributed by atoms with Gasteiger partial charge in [0.2, 0.25) is 5.91 Å². The molecule has 0 atom stereocenters. The molecule has 0 saturated carbocycles. The largest absolute Gasteiger partial charge is 0.486 e. The van der Waals surface area contributed by atoms with Gasteiger partial charge in [-0.15, -0.1) is 10.2 Å². The summed E-state index contributed by atoms with van der Waals surface area (Å²) in [6.07, 6.45) is 0. The summed E-state index contributed by atoms with van der Waals surface area (Å²) < 4.78 is 12.7. The summed E-state index contributed by atoms with van der Waals surface area (Å²) in [7, 11) is 1.80. The van der Waals surface area contributed by atoms with E-state index in [2.05, 4.69) is 20.8 Å². The van der Waals surface area contributed by atoms with E-state index in [4.69, 9.17) is 21.1 Å². The van der Waals surface area contributed by atoms with Crippen molar-refractivity contribution in [3.63, 3.8) is 0 Å². The zero-order valence-electron chi connectivity index (χ0n) is 16.4. The van der Waals surface area contributed by atoms with Gasteiger partial charge in [0.25, 0.3) is 0 Å². The maximum atomic E-state index is 12.2. The lowest BCUT2D eigenvalue weighted by Gasteiger charge is -2.19. The molecule has 2 heterocycles. The molecule has 2 N–H and O–H groups in total. The number of fused-ring (bicyclic) bond motifs is 1. The van der Waals surface area contributed by atoms with Gasteiger partial charge in [0.1, 0.15) is 13.2 Å². The number of nitrogens with one attached hydrogen (secondary N) is 2. The van der Waals surface area contributed by atoms with Gasteiger partial charge >= 0.3 is 6.03 Å². The van der Waals surface area contributed by atoms with E-state index in [1.54, 1.807) is 41.9 Å². The third kappa shape index (κ3) is 5.09. The van der Waals surface area contributed by atoms with Crippen molar-refractivity contribution < 1.29 is 19.1 Å². The smallest absolute Gasteiger partial charge is 0.325 e. The van der Waals surface area contributed by atoms with E-state index in [9.17, 15) is 9.59 Å². The minimum atomic E-state index is -0.637. The minimum Gasteiger partial charge on any atom is -0.486 e. The molecule has 160 valence electrons. The highest BCUT2D eigenvalue weighted by Crippen LogP contribution is 2.32. The lowest BCUT2D eigenvalue weighted by molar-refractivity contribution is -0.117. The summed E-state index contributed by atoms with van der Waals surface area (Å²) in [6, 6.07) is 11.6. The molecular weight excluding hydrogens is 442 g/mol. The van der Waals surface area contributed by atoms with E-state index < -0.39 is 11.9 Å². The number of carbonyl (C=O) groups is 2. The van der Waals surface area contributed by atoms with Gasteiger partial charge in [-0.2, -0.15) is 0 Å². The highest BCUT2D eigenvalue weighted by molar-refractivity contribution is 7.99. The molecule has 0 bridgehead atoms. The van der Waals surface area contributed by atoms with Crippen molar-refractivity contribution in [2.24, 2.45) is 7.05 Å². The van der Waals surface area contributed by atoms with Crippen molar-refractivity contribution in [1.82, 2.24) is 20.1 Å². The van der Waals surface area contributed by atoms with Gasteiger partial charge in [0.05, 0.1) is 5.75 Å². The zero-order chi connectivity index (χ0) is 21.8. The summed E-state index contributed by atoms with van der Waals surface area (Å²) in [4.78, 5) is 24.3. The standard InChI is InChI=1S/C20H18ClN5O4S/c1-26-18(12-2-4-13(21)5-3-12)24-25-20(26)31-11-17(27)23-19(28)22-14-6-7-15-16(10-14)30-9-8-29-15/h2-7,10H,8-9,11H2,1H3,(H2,22,23,27,28). The second-order valence-electron chi connectivity index (χ2n) is 6.52. The number of benzene rings is 2. The number of hydrogen-bond donors (Lipinski definition) is 2. The number of hydrogen-bond acceptors (Lipinski definition) is 7. The predicted molar refractivity (Wildman–Crippen MR) is 117 cm³/mol. The zero-order valence-corrected chi connectivity index (χ0v) is 18.0. The first kappa shape index (κ1) is 21.0. The predicted octanol–water partition coefficient (Wildman–Crippen LogP) is 3.35. The molecular formula is C20H18ClN5O4S. The van der Waals surface area contributed by atoms with E-state index >= 15 is 0 Å². The van der Waals surface area contributed by atoms with Crippen LogP contribution in [-0.2, 0) is 11.8 Å². The first-order chi connectivity index (χ1) is 15.0. The molecule has 3 amide bonds. The Morgan fingerprint density at radius 2 is 1.84 bits per heavy atom. The maximum Gasteiger partial charge on any atom is 0.325 e. The van der Waals surface area contributed by atoms with Crippen LogP contribution in [0.15, 0.2) is 47.6 Å². The van der Waals surface area contributed by atoms with Crippen LogP contribution in [0, 0.1) is 0 Å². The number of amides is 3. The molecule has 0 fully saturated rings. The van der Waals surface area contributed by atoms with Gasteiger partial charge in [0.15, 0.2) is 22.5 Å². The molecule has 0 aliphatic carbocycles. The monoisotopic (exact) mass is 459 g/mol. The van der Waals surface area contributed by atoms with Crippen LogP contribution in [0.4, 0.5) is 10.5 Å². The Morgan fingerprint density at radius 1 is 1.10 bits per heavy atom. The van der Waals surface area contributed by atoms with Crippen LogP contribution in [0.3, 0.4) is 0 Å². The third-order valence-corrected chi connectivity index (χ3v) is 5.59. The average molecular weight is 460 g/mol. The fourth-order valence-electron chi connectivity index (χ4n) is 2.87. The molecule has 2 aromatic carbocycles. The first-order valence-corrected chi connectivity index (χ1v) is 10.6. The SMILES string of the molecule is Cn1c(SCC(=O)NC(=O)Nc2ccc3c(c2)OCCO3)nnc1-c1ccc(Cl)cc1. The van der Waals surface area contributed by atoms with Crippen molar-refractivity contribution >= 4 is 41.0 Å². The van der Waals surface area contributed by atoms with Gasteiger partial charge in [-0.3, -0.25) is 10.1 Å². The number of carbonyl (C=O) groups excluding carboxylic acids is 2. The van der Waals surface area contributed by atoms with E-state index in [0.717, 1.165) is 5.56 Å². The van der Waals surface area contributed by atoms with E-state index in [0.29, 0.717) is 46.4 Å². The van der Waals surface area contributed by atoms with Crippen LogP contribution < -0.4 is 20.1 Å². The number of anilines is 1. The number of rotatable bonds is 5. The van der Waals surface area contributed by atoms with Crippen molar-refractivity contribution in [2.75, 3.05) is 24.3 Å². The Balaban J connectivity index is 1.30. The second-order valence-corrected chi connectivity index (χ2v) is 7.90. The molecule has 0 spiro atoms. The number of nitrogens with zero attached hydrogens (tertiary/aromatic N) is 3. The number of ether oxygens (including phenoxy) is 2. The molecule has 1 aromatic heterocycles. The molecule has 1 aliphatic rings. The molecule has 4 rings (SSSR count). The van der Waals surface area contributed by atoms with Gasteiger partial charge < -0.3 is 19.4 Å². The van der Waals surface area contributed by atoms with Crippen LogP contribution in [0.1, 0.15) is 0 Å². The Kier molecular flexibility index (Phi) is 6.28. The lowest BCUT2D eigenvalue weighted by Crippen LogP contribution is -2.35. The van der Waals surface area contributed by atoms with Crippen LogP contribution in [-0.4, -0.2) is 45.7 Å². The Morgan fingerprint density at radius 3 is 2.61 bits per heavy atom. The number of imide groups is 1. The van der Waals surface area contributed by atoms with Crippen molar-refractivity contribution in [2.45, 2.75) is 5.16 Å². The number of urea groups is 1. The highest BCUT2D eigenvalue weighted by Gasteiger charge is 2.16. The molecule has 0 saturated heterocycles. The fourth-order valence-corrected chi connectivity index (χ4v) is 3.70. The Hall–Kier alpha value is -3.24. The minimum absolute atomic E-state index is 0.00114. The van der Waals surface area contributed by atoms with Gasteiger partial charge in [-0.25, -0.2) is 4.79 Å². The van der Waals surface area contributed by atoms with Crippen molar-refractivity contribution in [1.29, 1.82) is 0 Å². The summed E-state index contributed by atoms with van der Waals surface area (Å²) in [6.45, 7) is 0.930. The third-order valence-electron chi connectivity index (χ3n) is 4.32. The van der Waals surface area contributed by atoms with Crippen LogP contribution in [0.2, 0.25) is 5.02 Å². The summed E-state index contributed by atoms with van der Waals surface area (Å²) in [5, 5.41) is 14.3. The van der Waals surface area contributed by atoms with Gasteiger partial charge in [-0.1, -0.05) is 23.4 Å². The second kappa shape index (κ2) is 9.27. The number of aromatic nitrogens is 3. The average Bonchev–Trinajstić information content (AvgIpc) is 3.13. The molecule has 11 heteroatoms. The van der Waals surface area contributed by atoms with Crippen LogP contribution in [0.25, 0.3) is 11.4 Å². The molecule has 31 heavy (non-hydrogen) atoms. The maximum absolute atomic E-state index is 12.2. The topological polar surface area (TPSA) is 107 Å². The fraction of sp³-hybridized carbons (Fsp3) is 0.200. The molecule has 3 aromatic rings. The van der Waals surface area contributed by atoms with Crippen LogP contribution in [0.5, 0.6) is 11.5 Å². The van der Waals surface area contributed by atoms with E-state index in [1.165, 1.54) is 11.8 Å². The normalized spacial score (nSPS) is 12.3. The Bertz CT molecular complexity index is 1120. The quantitative estimate of drug-likeness (QED) is 0.563. The Labute approximate surface area is 187 Å². The summed E-state index contributed by atoms with van der Waals surface area (Å²) in [5.74, 6) is 1.35. The first-order valence-electron chi connectivity index (χ1n) is 9.28. The van der Waals surface area contributed by atoms with Crippen molar-refractivity contribution in [3.8, 4) is 22.9 Å². The molecule has 0 unspecified atom stereocenters. The number of thioether (sulfide) groups is 1. The number of halogens is 1. The van der Waals surface area contributed by atoms with E-state index in [-0.39, 0.29) is 5.75 Å². The van der Waals surface area contributed by atoms with Gasteiger partial charge in [0, 0.05) is 29.4 Å². The molecule has 9 nitrogen and oxygen atoms in total. The van der Waals surface area contributed by atoms with E-state index in [1.807, 2.05) is 12.1 Å². The van der Waals surface area contributed by atoms with Crippen LogP contribution >= 0.6 is 23.4 Å². The van der Waals surface area contributed by atoms with Gasteiger partial charge in [-0.05, 0) is 36.4 Å². The van der Waals surface area contributed by atoms with Crippen molar-refractivity contribution in [3.05, 3.63) is 47.5 Å². The lowest BCUT2D eigenvalue weighted by atomic mass is 10.2. The molecule has 0 radical (unpaired) electrons. The summed E-state index contributed by atoms with van der Waals surface area (Å²) >= 11 is 7.09. The molecule has 1 aliphatic heterocycles. The summed E-state index contributed by atoms with van der Waals surface area (Å²) in [5.41, 5.74) is 1.35.